The Balaban J connectivity index is 1.06. The molecule has 5 nitrogen and oxygen atoms in total. The van der Waals surface area contributed by atoms with E-state index in [2.05, 4.69) is 167 Å². The van der Waals surface area contributed by atoms with Gasteiger partial charge in [-0.25, -0.2) is 4.98 Å². The van der Waals surface area contributed by atoms with Gasteiger partial charge in [-0.3, -0.25) is 9.59 Å². The summed E-state index contributed by atoms with van der Waals surface area (Å²) in [6.45, 7) is 26.0. The minimum Gasteiger partial charge on any atom is -0.333 e. The molecule has 0 spiro atoms. The fourth-order valence-electron chi connectivity index (χ4n) is 11.8. The maximum Gasteiger partial charge on any atom is 0.271 e. The zero-order valence-corrected chi connectivity index (χ0v) is 39.1. The third-order valence-electron chi connectivity index (χ3n) is 16.1. The van der Waals surface area contributed by atoms with Crippen LogP contribution in [0.5, 0.6) is 0 Å². The third-order valence-corrected chi connectivity index (χ3v) is 16.1. The second-order valence-corrected chi connectivity index (χ2v) is 19.8. The maximum atomic E-state index is 15.3. The molecule has 2 N–H and O–H groups in total. The average Bonchev–Trinajstić information content (AvgIpc) is 3.25. The lowest BCUT2D eigenvalue weighted by molar-refractivity contribution is 0.0912. The van der Waals surface area contributed by atoms with E-state index in [4.69, 9.17) is 4.98 Å². The van der Waals surface area contributed by atoms with Gasteiger partial charge in [0.25, 0.3) is 11.8 Å². The maximum absolute atomic E-state index is 15.3. The van der Waals surface area contributed by atoms with Crippen LogP contribution in [-0.4, -0.2) is 16.8 Å². The van der Waals surface area contributed by atoms with Crippen LogP contribution in [0, 0.1) is 83.1 Å². The topological polar surface area (TPSA) is 71.1 Å². The molecule has 13 rings (SSSR count). The van der Waals surface area contributed by atoms with Crippen molar-refractivity contribution in [1.29, 1.82) is 0 Å². The number of aromatic nitrogens is 1. The minimum atomic E-state index is -0.986. The van der Waals surface area contributed by atoms with Crippen LogP contribution in [0.1, 0.15) is 166 Å². The van der Waals surface area contributed by atoms with Crippen LogP contribution in [0.3, 0.4) is 0 Å². The Morgan fingerprint density at radius 2 is 0.562 bits per heavy atom. The van der Waals surface area contributed by atoms with Gasteiger partial charge in [0, 0.05) is 11.8 Å². The molecule has 318 valence electrons. The summed E-state index contributed by atoms with van der Waals surface area (Å²) in [5.41, 5.74) is 26.7. The zero-order valence-electron chi connectivity index (χ0n) is 39.1. The number of carbonyl (C=O) groups excluding carboxylic acids is 2. The molecule has 0 atom stereocenters. The van der Waals surface area contributed by atoms with E-state index in [9.17, 15) is 0 Å². The van der Waals surface area contributed by atoms with Gasteiger partial charge in [0.1, 0.15) is 22.5 Å². The van der Waals surface area contributed by atoms with Crippen LogP contribution in [0.4, 0.5) is 0 Å². The predicted molar refractivity (Wildman–Crippen MR) is 256 cm³/mol. The summed E-state index contributed by atoms with van der Waals surface area (Å²) in [5.74, 6) is -0.587. The molecule has 0 radical (unpaired) electrons. The molecule has 6 aliphatic carbocycles. The number of amides is 2. The van der Waals surface area contributed by atoms with Gasteiger partial charge in [0.2, 0.25) is 0 Å². The highest BCUT2D eigenvalue weighted by molar-refractivity contribution is 5.99. The van der Waals surface area contributed by atoms with Crippen molar-refractivity contribution in [1.82, 2.24) is 15.6 Å². The lowest BCUT2D eigenvalue weighted by Gasteiger charge is -2.51. The van der Waals surface area contributed by atoms with Gasteiger partial charge in [0.15, 0.2) is 0 Å². The minimum absolute atomic E-state index is 0.0459. The first-order chi connectivity index (χ1) is 30.4. The number of aryl methyl sites for hydroxylation is 12. The van der Waals surface area contributed by atoms with Gasteiger partial charge >= 0.3 is 0 Å². The Hall–Kier alpha value is -6.59. The van der Waals surface area contributed by atoms with Crippen molar-refractivity contribution in [3.8, 4) is 0 Å². The van der Waals surface area contributed by atoms with Gasteiger partial charge in [0.05, 0.1) is 0 Å². The van der Waals surface area contributed by atoms with Crippen LogP contribution in [-0.2, 0) is 11.1 Å². The summed E-state index contributed by atoms with van der Waals surface area (Å²) in [6, 6.07) is 32.9. The van der Waals surface area contributed by atoms with Gasteiger partial charge in [-0.1, -0.05) is 78.9 Å². The number of pyridine rings is 1. The van der Waals surface area contributed by atoms with Crippen molar-refractivity contribution < 1.29 is 9.59 Å². The second-order valence-electron chi connectivity index (χ2n) is 19.8. The fraction of sp³-hybridized carbons (Fsp3) is 0.271. The molecular weight excluding hydrogens is 783 g/mol. The molecule has 0 fully saturated rings. The number of nitrogens with one attached hydrogen (secondary N) is 2. The highest BCUT2D eigenvalue weighted by Gasteiger charge is 2.55. The summed E-state index contributed by atoms with van der Waals surface area (Å²) >= 11 is 0. The molecular formula is C59H55N3O2. The molecule has 0 saturated heterocycles. The molecule has 7 aromatic rings. The van der Waals surface area contributed by atoms with Crippen LogP contribution in [0.25, 0.3) is 0 Å². The second kappa shape index (κ2) is 13.5. The van der Waals surface area contributed by atoms with Crippen LogP contribution in [0.15, 0.2) is 91.0 Å². The molecule has 64 heavy (non-hydrogen) atoms. The van der Waals surface area contributed by atoms with E-state index in [1.54, 1.807) is 18.2 Å². The Bertz CT molecular complexity index is 2810. The van der Waals surface area contributed by atoms with Gasteiger partial charge in [-0.05, 0) is 229 Å². The standard InChI is InChI=1S/C59H55N3O2/c1-28-16-40-46(22-34(28)7)58(47-23-35(8)29(2)17-41(47)54(40)42-18-30(3)36(9)24-48(42)58)61-56(63)52-14-13-15-53(60-52)57(64)62-59-49-25-37(10)31(4)19-43(49)55(44-20-32(5)38(11)26-50(44)59)45-21-33(6)39(12)27-51(45)59/h13-27,54-55H,1-12H3,(H,61,63)(H,62,64). The first-order valence-electron chi connectivity index (χ1n) is 22.8. The predicted octanol–water partition coefficient (Wildman–Crippen LogP) is 11.8. The average molecular weight is 838 g/mol. The van der Waals surface area contributed by atoms with Crippen LogP contribution >= 0.6 is 0 Å². The molecule has 6 aliphatic rings. The molecule has 6 aromatic carbocycles. The number of rotatable bonds is 4. The molecule has 0 aliphatic heterocycles. The lowest BCUT2D eigenvalue weighted by atomic mass is 9.55. The van der Waals surface area contributed by atoms with Crippen LogP contribution in [0.2, 0.25) is 0 Å². The molecule has 2 amide bonds. The largest absolute Gasteiger partial charge is 0.333 e. The van der Waals surface area contributed by atoms with Gasteiger partial charge < -0.3 is 10.6 Å². The van der Waals surface area contributed by atoms with Gasteiger partial charge in [-0.2, -0.15) is 0 Å². The zero-order chi connectivity index (χ0) is 45.0. The van der Waals surface area contributed by atoms with Crippen molar-refractivity contribution in [2.24, 2.45) is 0 Å². The van der Waals surface area contributed by atoms with Crippen molar-refractivity contribution in [2.75, 3.05) is 0 Å². The Morgan fingerprint density at radius 1 is 0.359 bits per heavy atom. The summed E-state index contributed by atoms with van der Waals surface area (Å²) in [6.07, 6.45) is 0. The summed E-state index contributed by atoms with van der Waals surface area (Å²) in [5, 5.41) is 7.32. The summed E-state index contributed by atoms with van der Waals surface area (Å²) in [7, 11) is 0. The molecule has 0 saturated carbocycles. The quantitative estimate of drug-likeness (QED) is 0.185. The number of nitrogens with zero attached hydrogens (tertiary/aromatic N) is 1. The molecule has 0 unspecified atom stereocenters. The number of hydrogen-bond acceptors (Lipinski definition) is 3. The highest BCUT2D eigenvalue weighted by atomic mass is 16.2. The molecule has 1 heterocycles. The van der Waals surface area contributed by atoms with Crippen molar-refractivity contribution in [3.05, 3.63) is 236 Å². The smallest absolute Gasteiger partial charge is 0.271 e. The van der Waals surface area contributed by atoms with Gasteiger partial charge in [-0.15, -0.1) is 0 Å². The van der Waals surface area contributed by atoms with E-state index in [1.807, 2.05) is 0 Å². The van der Waals surface area contributed by atoms with Crippen molar-refractivity contribution >= 4 is 11.8 Å². The molecule has 4 bridgehead atoms. The normalized spacial score (nSPS) is 20.1. The first kappa shape index (κ1) is 40.2. The lowest BCUT2D eigenvalue weighted by Crippen LogP contribution is -2.55. The van der Waals surface area contributed by atoms with Crippen LogP contribution < -0.4 is 10.6 Å². The Kier molecular flexibility index (Phi) is 8.46. The number of carbonyl (C=O) groups is 2. The van der Waals surface area contributed by atoms with Crippen molar-refractivity contribution in [3.63, 3.8) is 0 Å². The monoisotopic (exact) mass is 837 g/mol. The summed E-state index contributed by atoms with van der Waals surface area (Å²) < 4.78 is 0. The van der Waals surface area contributed by atoms with E-state index >= 15 is 9.59 Å². The van der Waals surface area contributed by atoms with E-state index in [1.165, 1.54) is 100 Å². The van der Waals surface area contributed by atoms with E-state index in [0.29, 0.717) is 0 Å². The van der Waals surface area contributed by atoms with E-state index < -0.39 is 11.1 Å². The number of benzene rings is 6. The SMILES string of the molecule is Cc1cc2c(cc1C)C1(NC(=O)c3cccc(C(=O)NC45c6cc(C)c(C)cc6C(c6cc(C)c(C)cc64)c4cc(C)c(C)cc45)n3)c3cc(C)c(C)cc3C2c2cc(C)c(C)cc21. The molecule has 1 aromatic heterocycles. The van der Waals surface area contributed by atoms with E-state index in [0.717, 1.165) is 33.4 Å². The first-order valence-corrected chi connectivity index (χ1v) is 22.8. The molecule has 5 heteroatoms. The van der Waals surface area contributed by atoms with Crippen molar-refractivity contribution in [2.45, 2.75) is 106 Å². The Morgan fingerprint density at radius 3 is 0.781 bits per heavy atom. The highest BCUT2D eigenvalue weighted by Crippen LogP contribution is 2.61. The Labute approximate surface area is 377 Å². The summed E-state index contributed by atoms with van der Waals surface area (Å²) in [4.78, 5) is 35.5. The third kappa shape index (κ3) is 5.21. The fourth-order valence-corrected chi connectivity index (χ4v) is 11.8. The number of hydrogen-bond donors (Lipinski definition) is 2. The van der Waals surface area contributed by atoms with E-state index in [-0.39, 0.29) is 35.0 Å².